The third-order valence-corrected chi connectivity index (χ3v) is 8.35. The maximum Gasteiger partial charge on any atom is 0.316 e. The molecule has 1 aliphatic carbocycles. The molecule has 0 amide bonds. The minimum Gasteiger partial charge on any atom is -0.511 e. The molecule has 1 heterocycles. The van der Waals surface area contributed by atoms with E-state index in [1.54, 1.807) is 13.8 Å². The molecule has 0 aliphatic heterocycles. The number of fused-ring (bicyclic) bond motifs is 3. The number of allylic oxidation sites excluding steroid dienone is 1. The fraction of sp³-hybridized carbons (Fsp3) is 0.486. The number of carbonyl (C=O) groups excluding carboxylic acids is 2. The molecule has 0 spiro atoms. The lowest BCUT2D eigenvalue weighted by Gasteiger charge is -2.36. The normalized spacial score (nSPS) is 17.2. The summed E-state index contributed by atoms with van der Waals surface area (Å²) in [4.78, 5) is 31.1. The Kier molecular flexibility index (Phi) is 10.7. The second-order valence-electron chi connectivity index (χ2n) is 12.1. The maximum absolute atomic E-state index is 13.5. The molecule has 7 heteroatoms. The molecule has 7 nitrogen and oxygen atoms in total. The van der Waals surface area contributed by atoms with Crippen LogP contribution in [0, 0.1) is 11.3 Å². The van der Waals surface area contributed by atoms with Gasteiger partial charge in [0.05, 0.1) is 23.9 Å². The Labute approximate surface area is 249 Å². The quantitative estimate of drug-likeness (QED) is 0.0660. The first-order chi connectivity index (χ1) is 20.3. The molecule has 42 heavy (non-hydrogen) atoms. The Hall–Kier alpha value is -3.74. The molecular weight excluding hydrogens is 526 g/mol. The molecule has 3 aromatic rings. The molecule has 0 saturated carbocycles. The summed E-state index contributed by atoms with van der Waals surface area (Å²) in [6, 6.07) is 15.9. The van der Waals surface area contributed by atoms with Crippen LogP contribution >= 0.6 is 0 Å². The van der Waals surface area contributed by atoms with E-state index in [1.807, 2.05) is 42.5 Å². The summed E-state index contributed by atoms with van der Waals surface area (Å²) in [6.45, 7) is 5.84. The maximum atomic E-state index is 13.5. The van der Waals surface area contributed by atoms with Gasteiger partial charge in [-0.25, -0.2) is 4.98 Å². The van der Waals surface area contributed by atoms with E-state index in [-0.39, 0.29) is 23.5 Å². The van der Waals surface area contributed by atoms with Gasteiger partial charge in [-0.3, -0.25) is 15.0 Å². The highest BCUT2D eigenvalue weighted by Crippen LogP contribution is 2.43. The second-order valence-corrected chi connectivity index (χ2v) is 12.1. The minimum atomic E-state index is -0.942. The number of Topliss-reactive ketones (excluding diaryl/α,β-unsaturated/α-hetero) is 1. The number of ether oxygens (including phenoxy) is 1. The van der Waals surface area contributed by atoms with Gasteiger partial charge in [0, 0.05) is 17.2 Å². The zero-order valence-electron chi connectivity index (χ0n) is 25.5. The number of methoxy groups -OCH3 is 1. The van der Waals surface area contributed by atoms with Crippen LogP contribution in [0.25, 0.3) is 21.7 Å². The zero-order valence-corrected chi connectivity index (χ0v) is 25.5. The third-order valence-electron chi connectivity index (χ3n) is 8.35. The number of hydrazone groups is 1. The van der Waals surface area contributed by atoms with Crippen LogP contribution in [-0.2, 0) is 14.3 Å². The van der Waals surface area contributed by atoms with Gasteiger partial charge in [-0.2, -0.15) is 5.10 Å². The van der Waals surface area contributed by atoms with Gasteiger partial charge in [0.2, 0.25) is 0 Å². The van der Waals surface area contributed by atoms with E-state index in [9.17, 15) is 14.7 Å². The molecule has 1 atom stereocenters. The molecule has 0 fully saturated rings. The Morgan fingerprint density at radius 1 is 0.952 bits per heavy atom. The fourth-order valence-corrected chi connectivity index (χ4v) is 6.07. The molecule has 1 aliphatic rings. The average Bonchev–Trinajstić information content (AvgIpc) is 2.97. The molecule has 2 N–H and O–H groups in total. The highest BCUT2D eigenvalue weighted by molar-refractivity contribution is 6.24. The van der Waals surface area contributed by atoms with Crippen LogP contribution in [0.5, 0.6) is 0 Å². The average molecular weight is 572 g/mol. The first kappa shape index (κ1) is 31.2. The lowest BCUT2D eigenvalue weighted by Crippen LogP contribution is -2.41. The van der Waals surface area contributed by atoms with Crippen molar-refractivity contribution < 1.29 is 19.4 Å². The van der Waals surface area contributed by atoms with Gasteiger partial charge in [0.1, 0.15) is 11.7 Å². The number of hydrogen-bond acceptors (Lipinski definition) is 7. The Morgan fingerprint density at radius 3 is 2.21 bits per heavy atom. The van der Waals surface area contributed by atoms with Crippen molar-refractivity contribution in [2.75, 3.05) is 12.5 Å². The molecule has 0 radical (unpaired) electrons. The predicted octanol–water partition coefficient (Wildman–Crippen LogP) is 8.68. The summed E-state index contributed by atoms with van der Waals surface area (Å²) in [5.74, 6) is -1.40. The van der Waals surface area contributed by atoms with Crippen molar-refractivity contribution in [3.63, 3.8) is 0 Å². The fourth-order valence-electron chi connectivity index (χ4n) is 6.07. The summed E-state index contributed by atoms with van der Waals surface area (Å²) in [7, 11) is 1.30. The molecule has 224 valence electrons. The number of para-hydroxylation sites is 1. The number of aliphatic hydroxyl groups excluding tert-OH is 1. The van der Waals surface area contributed by atoms with Crippen LogP contribution in [0.1, 0.15) is 91.4 Å². The summed E-state index contributed by atoms with van der Waals surface area (Å²) in [5.41, 5.74) is 3.77. The first-order valence-corrected chi connectivity index (χ1v) is 15.4. The number of aromatic nitrogens is 1. The number of anilines is 1. The Balaban J connectivity index is 1.64. The first-order valence-electron chi connectivity index (χ1n) is 15.4. The Morgan fingerprint density at radius 2 is 1.55 bits per heavy atom. The molecule has 0 saturated heterocycles. The highest BCUT2D eigenvalue weighted by atomic mass is 16.5. The second kappa shape index (κ2) is 14.4. The molecule has 0 bridgehead atoms. The summed E-state index contributed by atoms with van der Waals surface area (Å²) in [6.07, 6.45) is 11.1. The third kappa shape index (κ3) is 7.18. The minimum absolute atomic E-state index is 0.111. The molecule has 4 rings (SSSR count). The zero-order chi connectivity index (χ0) is 30.1. The number of pyridine rings is 1. The van der Waals surface area contributed by atoms with Crippen molar-refractivity contribution in [2.45, 2.75) is 91.4 Å². The van der Waals surface area contributed by atoms with Crippen LogP contribution in [0.15, 0.2) is 65.0 Å². The number of aliphatic hydroxyl groups is 1. The van der Waals surface area contributed by atoms with Gasteiger partial charge < -0.3 is 9.84 Å². The van der Waals surface area contributed by atoms with Crippen molar-refractivity contribution in [3.8, 4) is 0 Å². The molecule has 2 aromatic carbocycles. The van der Waals surface area contributed by atoms with Crippen LogP contribution in [0.2, 0.25) is 0 Å². The lowest BCUT2D eigenvalue weighted by molar-refractivity contribution is -0.150. The van der Waals surface area contributed by atoms with Crippen molar-refractivity contribution >= 4 is 45.0 Å². The van der Waals surface area contributed by atoms with Crippen LogP contribution in [-0.4, -0.2) is 34.7 Å². The van der Waals surface area contributed by atoms with Crippen molar-refractivity contribution in [1.29, 1.82) is 0 Å². The number of rotatable bonds is 14. The van der Waals surface area contributed by atoms with Crippen molar-refractivity contribution in [2.24, 2.45) is 16.4 Å². The van der Waals surface area contributed by atoms with Gasteiger partial charge in [0.15, 0.2) is 11.6 Å². The van der Waals surface area contributed by atoms with Crippen molar-refractivity contribution in [1.82, 2.24) is 4.98 Å². The van der Waals surface area contributed by atoms with E-state index in [0.717, 1.165) is 40.9 Å². The predicted molar refractivity (Wildman–Crippen MR) is 171 cm³/mol. The standard InChI is InChI=1S/C35H45N3O4/c1-5-6-7-8-9-10-11-12-13-22-28(30-29(39)23-35(2,3)31(32(30)40)34(41)42-4)37-38-33-26-20-15-14-18-24(26)25-19-16-17-21-27(25)36-33/h14-21,31,40H,5-13,22-23H2,1-4H3,(H,36,38)/t31-/m0/s1. The number of hydrogen-bond donors (Lipinski definition) is 2. The van der Waals surface area contributed by atoms with Gasteiger partial charge >= 0.3 is 5.97 Å². The topological polar surface area (TPSA) is 101 Å². The lowest BCUT2D eigenvalue weighted by atomic mass is 9.67. The van der Waals surface area contributed by atoms with E-state index in [0.29, 0.717) is 18.0 Å². The SMILES string of the molecule is CCCCCCCCCCCC(=NNc1nc2ccccc2c2ccccc12)C1=C(O)[C@@H](C(=O)OC)C(C)(C)CC1=O. The van der Waals surface area contributed by atoms with E-state index in [4.69, 9.17) is 14.8 Å². The number of unbranched alkanes of at least 4 members (excludes halogenated alkanes) is 8. The summed E-state index contributed by atoms with van der Waals surface area (Å²) < 4.78 is 5.03. The number of esters is 1. The molecule has 1 aromatic heterocycles. The van der Waals surface area contributed by atoms with Crippen LogP contribution in [0.3, 0.4) is 0 Å². The largest absolute Gasteiger partial charge is 0.511 e. The number of ketones is 1. The van der Waals surface area contributed by atoms with Crippen LogP contribution in [0.4, 0.5) is 5.82 Å². The summed E-state index contributed by atoms with van der Waals surface area (Å²) in [5, 5.41) is 19.1. The van der Waals surface area contributed by atoms with Gasteiger partial charge in [0.25, 0.3) is 0 Å². The smallest absolute Gasteiger partial charge is 0.316 e. The Bertz CT molecular complexity index is 1470. The number of nitrogens with one attached hydrogen (secondary N) is 1. The summed E-state index contributed by atoms with van der Waals surface area (Å²) >= 11 is 0. The number of carbonyl (C=O) groups is 2. The van der Waals surface area contributed by atoms with Crippen molar-refractivity contribution in [3.05, 3.63) is 59.9 Å². The molecular formula is C35H45N3O4. The van der Waals surface area contributed by atoms with Gasteiger partial charge in [-0.1, -0.05) is 115 Å². The molecule has 0 unspecified atom stereocenters. The van der Waals surface area contributed by atoms with Crippen LogP contribution < -0.4 is 5.43 Å². The van der Waals surface area contributed by atoms with E-state index in [2.05, 4.69) is 18.4 Å². The van der Waals surface area contributed by atoms with Gasteiger partial charge in [-0.15, -0.1) is 0 Å². The van der Waals surface area contributed by atoms with Gasteiger partial charge in [-0.05, 0) is 29.7 Å². The number of benzene rings is 2. The van der Waals surface area contributed by atoms with E-state index < -0.39 is 17.3 Å². The number of nitrogens with zero attached hydrogens (tertiary/aromatic N) is 2. The monoisotopic (exact) mass is 571 g/mol. The highest BCUT2D eigenvalue weighted by Gasteiger charge is 2.47. The van der Waals surface area contributed by atoms with E-state index in [1.165, 1.54) is 45.6 Å². The van der Waals surface area contributed by atoms with E-state index >= 15 is 0 Å².